The summed E-state index contributed by atoms with van der Waals surface area (Å²) in [6, 6.07) is 7.76. The van der Waals surface area contributed by atoms with Crippen molar-refractivity contribution >= 4 is 11.6 Å². The van der Waals surface area contributed by atoms with Gasteiger partial charge in [-0.05, 0) is 49.2 Å². The minimum absolute atomic E-state index is 0.391. The van der Waals surface area contributed by atoms with Gasteiger partial charge in [0.15, 0.2) is 0 Å². The summed E-state index contributed by atoms with van der Waals surface area (Å²) in [4.78, 5) is 0. The van der Waals surface area contributed by atoms with Gasteiger partial charge in [-0.2, -0.15) is 0 Å². The third-order valence-corrected chi connectivity index (χ3v) is 2.81. The molecule has 0 saturated carbocycles. The SMILES string of the molecule is CCCc1nnc(Cl)n1-c1ccc(OCC)cc1. The molecule has 0 aliphatic rings. The lowest BCUT2D eigenvalue weighted by molar-refractivity contribution is 0.340. The normalized spacial score (nSPS) is 10.6. The summed E-state index contributed by atoms with van der Waals surface area (Å²) < 4.78 is 7.27. The molecule has 0 bridgehead atoms. The van der Waals surface area contributed by atoms with Gasteiger partial charge in [0.1, 0.15) is 11.6 Å². The van der Waals surface area contributed by atoms with E-state index in [1.54, 1.807) is 0 Å². The van der Waals surface area contributed by atoms with E-state index in [2.05, 4.69) is 17.1 Å². The van der Waals surface area contributed by atoms with Gasteiger partial charge in [-0.15, -0.1) is 10.2 Å². The summed E-state index contributed by atoms with van der Waals surface area (Å²) in [7, 11) is 0. The fourth-order valence-corrected chi connectivity index (χ4v) is 2.03. The molecular weight excluding hydrogens is 250 g/mol. The van der Waals surface area contributed by atoms with Gasteiger partial charge in [0, 0.05) is 6.42 Å². The highest BCUT2D eigenvalue weighted by Crippen LogP contribution is 2.20. The van der Waals surface area contributed by atoms with Crippen LogP contribution in [0.4, 0.5) is 0 Å². The fraction of sp³-hybridized carbons (Fsp3) is 0.385. The fourth-order valence-electron chi connectivity index (χ4n) is 1.79. The Hall–Kier alpha value is -1.55. The van der Waals surface area contributed by atoms with Crippen molar-refractivity contribution in [3.05, 3.63) is 35.4 Å². The number of ether oxygens (including phenoxy) is 1. The molecule has 1 heterocycles. The Morgan fingerprint density at radius 3 is 2.50 bits per heavy atom. The van der Waals surface area contributed by atoms with Crippen LogP contribution in [0.5, 0.6) is 5.75 Å². The lowest BCUT2D eigenvalue weighted by atomic mass is 10.2. The largest absolute Gasteiger partial charge is 0.494 e. The Bertz CT molecular complexity index is 507. The van der Waals surface area contributed by atoms with Crippen LogP contribution in [0.25, 0.3) is 5.69 Å². The molecule has 2 aromatic rings. The standard InChI is InChI=1S/C13H16ClN3O/c1-3-5-12-15-16-13(14)17(12)10-6-8-11(9-7-10)18-4-2/h6-9H,3-5H2,1-2H3. The molecule has 1 aromatic heterocycles. The van der Waals surface area contributed by atoms with Crippen LogP contribution in [0.2, 0.25) is 5.28 Å². The van der Waals surface area contributed by atoms with Crippen molar-refractivity contribution in [2.45, 2.75) is 26.7 Å². The van der Waals surface area contributed by atoms with E-state index >= 15 is 0 Å². The van der Waals surface area contributed by atoms with Gasteiger partial charge in [0.2, 0.25) is 5.28 Å². The van der Waals surface area contributed by atoms with Gasteiger partial charge in [-0.25, -0.2) is 0 Å². The van der Waals surface area contributed by atoms with Gasteiger partial charge < -0.3 is 4.74 Å². The molecule has 0 amide bonds. The molecule has 1 aromatic carbocycles. The second kappa shape index (κ2) is 5.87. The average Bonchev–Trinajstić information content (AvgIpc) is 2.73. The Morgan fingerprint density at radius 2 is 1.89 bits per heavy atom. The smallest absolute Gasteiger partial charge is 0.229 e. The number of aromatic nitrogens is 3. The summed E-state index contributed by atoms with van der Waals surface area (Å²) in [6.07, 6.45) is 1.86. The maximum absolute atomic E-state index is 6.07. The second-order valence-corrected chi connectivity index (χ2v) is 4.24. The molecule has 0 aliphatic heterocycles. The van der Waals surface area contributed by atoms with Crippen LogP contribution in [0, 0.1) is 0 Å². The third kappa shape index (κ3) is 2.64. The molecule has 2 rings (SSSR count). The Kier molecular flexibility index (Phi) is 4.20. The van der Waals surface area contributed by atoms with E-state index in [-0.39, 0.29) is 0 Å². The number of halogens is 1. The predicted octanol–water partition coefficient (Wildman–Crippen LogP) is 3.27. The minimum atomic E-state index is 0.391. The first-order chi connectivity index (χ1) is 8.76. The van der Waals surface area contributed by atoms with E-state index < -0.39 is 0 Å². The zero-order chi connectivity index (χ0) is 13.0. The summed E-state index contributed by atoms with van der Waals surface area (Å²) in [5.74, 6) is 1.73. The van der Waals surface area contributed by atoms with Crippen molar-refractivity contribution in [1.82, 2.24) is 14.8 Å². The molecule has 0 N–H and O–H groups in total. The number of aryl methyl sites for hydroxylation is 1. The minimum Gasteiger partial charge on any atom is -0.494 e. The number of hydrogen-bond donors (Lipinski definition) is 0. The van der Waals surface area contributed by atoms with Gasteiger partial charge >= 0.3 is 0 Å². The monoisotopic (exact) mass is 265 g/mol. The maximum atomic E-state index is 6.07. The van der Waals surface area contributed by atoms with E-state index in [1.807, 2.05) is 35.8 Å². The van der Waals surface area contributed by atoms with Crippen molar-refractivity contribution < 1.29 is 4.74 Å². The third-order valence-electron chi connectivity index (χ3n) is 2.57. The quantitative estimate of drug-likeness (QED) is 0.833. The predicted molar refractivity (Wildman–Crippen MR) is 71.5 cm³/mol. The molecule has 0 atom stereocenters. The lowest BCUT2D eigenvalue weighted by Crippen LogP contribution is -2.01. The summed E-state index contributed by atoms with van der Waals surface area (Å²) in [5.41, 5.74) is 0.955. The Balaban J connectivity index is 2.32. The second-order valence-electron chi connectivity index (χ2n) is 3.90. The molecule has 0 radical (unpaired) electrons. The van der Waals surface area contributed by atoms with E-state index in [4.69, 9.17) is 16.3 Å². The van der Waals surface area contributed by atoms with Crippen LogP contribution < -0.4 is 4.74 Å². The van der Waals surface area contributed by atoms with Gasteiger partial charge in [-0.1, -0.05) is 6.92 Å². The molecule has 0 aliphatic carbocycles. The molecule has 5 heteroatoms. The van der Waals surface area contributed by atoms with E-state index in [9.17, 15) is 0 Å². The number of benzene rings is 1. The number of nitrogens with zero attached hydrogens (tertiary/aromatic N) is 3. The van der Waals surface area contributed by atoms with Crippen molar-refractivity contribution in [2.24, 2.45) is 0 Å². The van der Waals surface area contributed by atoms with E-state index in [0.29, 0.717) is 11.9 Å². The summed E-state index contributed by atoms with van der Waals surface area (Å²) in [5, 5.41) is 8.40. The average molecular weight is 266 g/mol. The van der Waals surface area contributed by atoms with Crippen molar-refractivity contribution in [3.63, 3.8) is 0 Å². The van der Waals surface area contributed by atoms with Crippen molar-refractivity contribution in [2.75, 3.05) is 6.61 Å². The topological polar surface area (TPSA) is 39.9 Å². The first-order valence-electron chi connectivity index (χ1n) is 6.09. The molecule has 4 nitrogen and oxygen atoms in total. The highest BCUT2D eigenvalue weighted by Gasteiger charge is 2.11. The highest BCUT2D eigenvalue weighted by atomic mass is 35.5. The zero-order valence-electron chi connectivity index (χ0n) is 10.6. The summed E-state index contributed by atoms with van der Waals surface area (Å²) >= 11 is 6.07. The van der Waals surface area contributed by atoms with E-state index in [0.717, 1.165) is 30.1 Å². The van der Waals surface area contributed by atoms with Crippen LogP contribution in [0.3, 0.4) is 0 Å². The maximum Gasteiger partial charge on any atom is 0.229 e. The van der Waals surface area contributed by atoms with Crippen molar-refractivity contribution in [1.29, 1.82) is 0 Å². The molecule has 0 fully saturated rings. The molecular formula is C13H16ClN3O. The number of hydrogen-bond acceptors (Lipinski definition) is 3. The molecule has 0 saturated heterocycles. The Morgan fingerprint density at radius 1 is 1.17 bits per heavy atom. The first-order valence-corrected chi connectivity index (χ1v) is 6.47. The molecule has 0 unspecified atom stereocenters. The van der Waals surface area contributed by atoms with Crippen molar-refractivity contribution in [3.8, 4) is 11.4 Å². The van der Waals surface area contributed by atoms with Gasteiger partial charge in [-0.3, -0.25) is 4.57 Å². The highest BCUT2D eigenvalue weighted by molar-refractivity contribution is 6.28. The Labute approximate surface area is 112 Å². The molecule has 96 valence electrons. The van der Waals surface area contributed by atoms with E-state index in [1.165, 1.54) is 0 Å². The first kappa shape index (κ1) is 12.9. The van der Waals surface area contributed by atoms with Gasteiger partial charge in [0.05, 0.1) is 12.3 Å². The van der Waals surface area contributed by atoms with Crippen LogP contribution in [-0.4, -0.2) is 21.4 Å². The van der Waals surface area contributed by atoms with Crippen LogP contribution in [0.15, 0.2) is 24.3 Å². The van der Waals surface area contributed by atoms with Crippen LogP contribution >= 0.6 is 11.6 Å². The van der Waals surface area contributed by atoms with Crippen LogP contribution in [0.1, 0.15) is 26.1 Å². The molecule has 18 heavy (non-hydrogen) atoms. The van der Waals surface area contributed by atoms with Crippen LogP contribution in [-0.2, 0) is 6.42 Å². The molecule has 0 spiro atoms. The zero-order valence-corrected chi connectivity index (χ0v) is 11.3. The lowest BCUT2D eigenvalue weighted by Gasteiger charge is -2.08. The summed E-state index contributed by atoms with van der Waals surface area (Å²) in [6.45, 7) is 4.73. The van der Waals surface area contributed by atoms with Gasteiger partial charge in [0.25, 0.3) is 0 Å². The number of rotatable bonds is 5.